The van der Waals surface area contributed by atoms with Gasteiger partial charge in [0.15, 0.2) is 0 Å². The first-order valence-corrected chi connectivity index (χ1v) is 6.14. The standard InChI is InChI=1S/C10H11N5O2S/c1-7(9-11-2-3-18-9)4-12-10-13-5-8(6-14-10)15(16)17/h2-3,5-7H,4H2,1H3,(H,12,13,14). The van der Waals surface area contributed by atoms with Gasteiger partial charge in [-0.3, -0.25) is 10.1 Å². The number of nitro groups is 1. The van der Waals surface area contributed by atoms with Crippen LogP contribution in [-0.2, 0) is 0 Å². The summed E-state index contributed by atoms with van der Waals surface area (Å²) < 4.78 is 0. The van der Waals surface area contributed by atoms with Gasteiger partial charge in [-0.1, -0.05) is 6.92 Å². The van der Waals surface area contributed by atoms with E-state index < -0.39 is 4.92 Å². The van der Waals surface area contributed by atoms with Crippen LogP contribution in [0.5, 0.6) is 0 Å². The Kier molecular flexibility index (Phi) is 3.78. The lowest BCUT2D eigenvalue weighted by Gasteiger charge is -2.09. The van der Waals surface area contributed by atoms with E-state index in [0.717, 1.165) is 5.01 Å². The van der Waals surface area contributed by atoms with Crippen LogP contribution in [0.2, 0.25) is 0 Å². The van der Waals surface area contributed by atoms with Crippen LogP contribution in [0.1, 0.15) is 17.8 Å². The summed E-state index contributed by atoms with van der Waals surface area (Å²) in [5.41, 5.74) is -0.117. The van der Waals surface area contributed by atoms with Gasteiger partial charge in [-0.2, -0.15) is 0 Å². The molecule has 0 bridgehead atoms. The van der Waals surface area contributed by atoms with Crippen molar-refractivity contribution in [3.05, 3.63) is 39.1 Å². The lowest BCUT2D eigenvalue weighted by atomic mass is 10.2. The summed E-state index contributed by atoms with van der Waals surface area (Å²) in [4.78, 5) is 21.9. The summed E-state index contributed by atoms with van der Waals surface area (Å²) >= 11 is 1.59. The highest BCUT2D eigenvalue weighted by molar-refractivity contribution is 7.09. The third-order valence-electron chi connectivity index (χ3n) is 2.29. The molecule has 2 aromatic rings. The zero-order chi connectivity index (χ0) is 13.0. The van der Waals surface area contributed by atoms with Crippen molar-refractivity contribution >= 4 is 23.0 Å². The van der Waals surface area contributed by atoms with E-state index in [9.17, 15) is 10.1 Å². The molecule has 1 unspecified atom stereocenters. The maximum Gasteiger partial charge on any atom is 0.305 e. The second-order valence-electron chi connectivity index (χ2n) is 3.67. The van der Waals surface area contributed by atoms with Crippen molar-refractivity contribution in [2.75, 3.05) is 11.9 Å². The molecule has 2 rings (SSSR count). The van der Waals surface area contributed by atoms with E-state index in [-0.39, 0.29) is 11.6 Å². The van der Waals surface area contributed by atoms with E-state index in [1.807, 2.05) is 12.3 Å². The second-order valence-corrected chi connectivity index (χ2v) is 4.60. The highest BCUT2D eigenvalue weighted by Gasteiger charge is 2.10. The highest BCUT2D eigenvalue weighted by atomic mass is 32.1. The first kappa shape index (κ1) is 12.4. The lowest BCUT2D eigenvalue weighted by Crippen LogP contribution is -2.11. The molecule has 0 fully saturated rings. The van der Waals surface area contributed by atoms with Crippen LogP contribution in [0.3, 0.4) is 0 Å². The quantitative estimate of drug-likeness (QED) is 0.657. The number of anilines is 1. The fraction of sp³-hybridized carbons (Fsp3) is 0.300. The molecule has 1 N–H and O–H groups in total. The van der Waals surface area contributed by atoms with Crippen LogP contribution in [0.25, 0.3) is 0 Å². The van der Waals surface area contributed by atoms with Gasteiger partial charge < -0.3 is 5.32 Å². The van der Waals surface area contributed by atoms with Gasteiger partial charge in [0, 0.05) is 24.0 Å². The van der Waals surface area contributed by atoms with Gasteiger partial charge in [-0.05, 0) is 0 Å². The van der Waals surface area contributed by atoms with Crippen LogP contribution in [0.4, 0.5) is 11.6 Å². The first-order valence-electron chi connectivity index (χ1n) is 5.26. The van der Waals surface area contributed by atoms with E-state index in [2.05, 4.69) is 20.3 Å². The predicted octanol–water partition coefficient (Wildman–Crippen LogP) is 2.06. The molecular weight excluding hydrogens is 254 g/mol. The van der Waals surface area contributed by atoms with Gasteiger partial charge >= 0.3 is 5.69 Å². The molecule has 8 heteroatoms. The summed E-state index contributed by atoms with van der Waals surface area (Å²) in [5.74, 6) is 0.618. The van der Waals surface area contributed by atoms with Crippen molar-refractivity contribution in [1.82, 2.24) is 15.0 Å². The van der Waals surface area contributed by atoms with Crippen LogP contribution in [0, 0.1) is 10.1 Å². The Morgan fingerprint density at radius 2 is 2.17 bits per heavy atom. The summed E-state index contributed by atoms with van der Waals surface area (Å²) in [6, 6.07) is 0. The van der Waals surface area contributed by atoms with Crippen molar-refractivity contribution < 1.29 is 4.92 Å². The van der Waals surface area contributed by atoms with Gasteiger partial charge in [-0.25, -0.2) is 15.0 Å². The number of hydrogen-bond donors (Lipinski definition) is 1. The molecular formula is C10H11N5O2S. The number of hydrogen-bond acceptors (Lipinski definition) is 7. The number of nitrogens with zero attached hydrogens (tertiary/aromatic N) is 4. The van der Waals surface area contributed by atoms with Crippen molar-refractivity contribution in [2.24, 2.45) is 0 Å². The van der Waals surface area contributed by atoms with Crippen molar-refractivity contribution in [1.29, 1.82) is 0 Å². The molecule has 18 heavy (non-hydrogen) atoms. The Balaban J connectivity index is 1.92. The zero-order valence-electron chi connectivity index (χ0n) is 9.61. The smallest absolute Gasteiger partial charge is 0.305 e. The molecule has 0 aromatic carbocycles. The molecule has 0 saturated carbocycles. The Morgan fingerprint density at radius 1 is 1.44 bits per heavy atom. The molecule has 7 nitrogen and oxygen atoms in total. The van der Waals surface area contributed by atoms with E-state index in [0.29, 0.717) is 12.5 Å². The Labute approximate surface area is 107 Å². The van der Waals surface area contributed by atoms with Crippen molar-refractivity contribution in [3.8, 4) is 0 Å². The molecule has 1 atom stereocenters. The number of thiazole rings is 1. The van der Waals surface area contributed by atoms with E-state index in [4.69, 9.17) is 0 Å². The van der Waals surface area contributed by atoms with Gasteiger partial charge in [0.2, 0.25) is 5.95 Å². The second kappa shape index (κ2) is 5.50. The molecule has 0 spiro atoms. The number of rotatable bonds is 5. The molecule has 2 heterocycles. The average Bonchev–Trinajstić information content (AvgIpc) is 2.90. The largest absolute Gasteiger partial charge is 0.354 e. The van der Waals surface area contributed by atoms with Crippen LogP contribution in [0.15, 0.2) is 24.0 Å². The first-order chi connectivity index (χ1) is 8.66. The molecule has 94 valence electrons. The maximum atomic E-state index is 10.4. The van der Waals surface area contributed by atoms with Gasteiger partial charge in [0.05, 0.1) is 9.93 Å². The Bertz CT molecular complexity index is 514. The van der Waals surface area contributed by atoms with Crippen molar-refractivity contribution in [2.45, 2.75) is 12.8 Å². The zero-order valence-corrected chi connectivity index (χ0v) is 10.4. The molecule has 0 aliphatic carbocycles. The molecule has 0 saturated heterocycles. The minimum Gasteiger partial charge on any atom is -0.354 e. The van der Waals surface area contributed by atoms with Crippen LogP contribution in [-0.4, -0.2) is 26.4 Å². The third-order valence-corrected chi connectivity index (χ3v) is 3.30. The summed E-state index contributed by atoms with van der Waals surface area (Å²) in [5, 5.41) is 16.4. The Hall–Kier alpha value is -2.09. The molecule has 0 amide bonds. The highest BCUT2D eigenvalue weighted by Crippen LogP contribution is 2.17. The molecule has 0 radical (unpaired) electrons. The number of aromatic nitrogens is 3. The van der Waals surface area contributed by atoms with E-state index in [1.165, 1.54) is 12.4 Å². The van der Waals surface area contributed by atoms with Gasteiger partial charge in [-0.15, -0.1) is 11.3 Å². The SMILES string of the molecule is CC(CNc1ncc([N+](=O)[O-])cn1)c1nccs1. The lowest BCUT2D eigenvalue weighted by molar-refractivity contribution is -0.385. The molecule has 0 aliphatic heterocycles. The molecule has 2 aromatic heterocycles. The summed E-state index contributed by atoms with van der Waals surface area (Å²) in [6.45, 7) is 2.67. The van der Waals surface area contributed by atoms with E-state index in [1.54, 1.807) is 17.5 Å². The fourth-order valence-electron chi connectivity index (χ4n) is 1.32. The predicted molar refractivity (Wildman–Crippen MR) is 67.7 cm³/mol. The average molecular weight is 265 g/mol. The third kappa shape index (κ3) is 2.98. The summed E-state index contributed by atoms with van der Waals surface area (Å²) in [6.07, 6.45) is 4.13. The van der Waals surface area contributed by atoms with Gasteiger partial charge in [0.25, 0.3) is 0 Å². The Morgan fingerprint density at radius 3 is 2.72 bits per heavy atom. The van der Waals surface area contributed by atoms with Gasteiger partial charge in [0.1, 0.15) is 12.4 Å². The normalized spacial score (nSPS) is 12.1. The number of nitrogens with one attached hydrogen (secondary N) is 1. The van der Waals surface area contributed by atoms with Crippen LogP contribution < -0.4 is 5.32 Å². The maximum absolute atomic E-state index is 10.4. The van der Waals surface area contributed by atoms with Crippen LogP contribution >= 0.6 is 11.3 Å². The monoisotopic (exact) mass is 265 g/mol. The minimum absolute atomic E-state index is 0.117. The van der Waals surface area contributed by atoms with Crippen molar-refractivity contribution in [3.63, 3.8) is 0 Å². The van der Waals surface area contributed by atoms with E-state index >= 15 is 0 Å². The molecule has 0 aliphatic rings. The summed E-state index contributed by atoms with van der Waals surface area (Å²) in [7, 11) is 0. The fourth-order valence-corrected chi connectivity index (χ4v) is 2.01. The topological polar surface area (TPSA) is 93.8 Å². The minimum atomic E-state index is -0.526.